The first kappa shape index (κ1) is 14.2. The topological polar surface area (TPSA) is 54.4 Å². The largest absolute Gasteiger partial charge is 0.384 e. The first-order chi connectivity index (χ1) is 10.7. The van der Waals surface area contributed by atoms with Crippen LogP contribution in [0.5, 0.6) is 0 Å². The summed E-state index contributed by atoms with van der Waals surface area (Å²) in [5.74, 6) is -0.558. The molecule has 0 amide bonds. The Morgan fingerprint density at radius 3 is 2.23 bits per heavy atom. The third-order valence-corrected chi connectivity index (χ3v) is 3.58. The van der Waals surface area contributed by atoms with Crippen molar-refractivity contribution >= 4 is 17.6 Å². The van der Waals surface area contributed by atoms with Crippen molar-refractivity contribution < 1.29 is 14.7 Å². The van der Waals surface area contributed by atoms with Crippen LogP contribution in [0.15, 0.2) is 72.3 Å². The zero-order chi connectivity index (χ0) is 15.5. The van der Waals surface area contributed by atoms with Crippen molar-refractivity contribution in [3.8, 4) is 0 Å². The molecule has 2 aromatic rings. The van der Waals surface area contributed by atoms with E-state index in [0.29, 0.717) is 11.1 Å². The predicted octanol–water partition coefficient (Wildman–Crippen LogP) is 3.07. The highest BCUT2D eigenvalue weighted by molar-refractivity contribution is 6.25. The molecule has 0 spiro atoms. The molecule has 0 saturated carbocycles. The van der Waals surface area contributed by atoms with Crippen molar-refractivity contribution in [3.63, 3.8) is 0 Å². The van der Waals surface area contributed by atoms with Crippen LogP contribution >= 0.6 is 0 Å². The standard InChI is InChI=1S/C19H14O3/c20-17(11-10-13-6-2-1-3-7-13)16-12-18(21)14-8-4-5-9-15(14)19(16)22/h1-12,17,20H/b11-10+/t17-/m1/s1. The van der Waals surface area contributed by atoms with E-state index in [1.54, 1.807) is 30.3 Å². The monoisotopic (exact) mass is 290 g/mol. The lowest BCUT2D eigenvalue weighted by atomic mass is 9.87. The van der Waals surface area contributed by atoms with E-state index in [0.717, 1.165) is 5.56 Å². The van der Waals surface area contributed by atoms with Gasteiger partial charge in [0.05, 0.1) is 0 Å². The number of aliphatic hydroxyl groups is 1. The molecule has 0 radical (unpaired) electrons. The van der Waals surface area contributed by atoms with Crippen molar-refractivity contribution in [3.05, 3.63) is 89.0 Å². The SMILES string of the molecule is O=C1C=C([C@H](O)/C=C/c2ccccc2)C(=O)c2ccccc21. The fourth-order valence-corrected chi connectivity index (χ4v) is 2.43. The molecule has 2 aromatic carbocycles. The first-order valence-corrected chi connectivity index (χ1v) is 6.98. The number of hydrogen-bond donors (Lipinski definition) is 1. The van der Waals surface area contributed by atoms with Crippen LogP contribution in [0.2, 0.25) is 0 Å². The van der Waals surface area contributed by atoms with Gasteiger partial charge in [0.2, 0.25) is 0 Å². The van der Waals surface area contributed by atoms with Gasteiger partial charge in [-0.3, -0.25) is 9.59 Å². The lowest BCUT2D eigenvalue weighted by molar-refractivity contribution is 0.0961. The molecule has 1 aliphatic carbocycles. The lowest BCUT2D eigenvalue weighted by Gasteiger charge is -2.17. The average molecular weight is 290 g/mol. The molecule has 3 rings (SSSR count). The summed E-state index contributed by atoms with van der Waals surface area (Å²) in [5, 5.41) is 10.2. The van der Waals surface area contributed by atoms with E-state index in [1.807, 2.05) is 30.3 Å². The van der Waals surface area contributed by atoms with Gasteiger partial charge in [0.15, 0.2) is 11.6 Å². The second kappa shape index (κ2) is 5.92. The zero-order valence-corrected chi connectivity index (χ0v) is 11.8. The summed E-state index contributed by atoms with van der Waals surface area (Å²) in [5.41, 5.74) is 1.75. The predicted molar refractivity (Wildman–Crippen MR) is 84.7 cm³/mol. The maximum absolute atomic E-state index is 12.4. The summed E-state index contributed by atoms with van der Waals surface area (Å²) >= 11 is 0. The Kier molecular flexibility index (Phi) is 3.81. The first-order valence-electron chi connectivity index (χ1n) is 6.98. The van der Waals surface area contributed by atoms with Gasteiger partial charge in [-0.15, -0.1) is 0 Å². The average Bonchev–Trinajstić information content (AvgIpc) is 2.57. The summed E-state index contributed by atoms with van der Waals surface area (Å²) < 4.78 is 0. The smallest absolute Gasteiger partial charge is 0.192 e. The van der Waals surface area contributed by atoms with E-state index >= 15 is 0 Å². The van der Waals surface area contributed by atoms with Gasteiger partial charge in [-0.05, 0) is 11.6 Å². The molecule has 0 aliphatic heterocycles. The Bertz CT molecular complexity index is 785. The number of ketones is 2. The van der Waals surface area contributed by atoms with Crippen molar-refractivity contribution in [1.29, 1.82) is 0 Å². The quantitative estimate of drug-likeness (QED) is 0.945. The summed E-state index contributed by atoms with van der Waals surface area (Å²) in [6, 6.07) is 16.1. The van der Waals surface area contributed by atoms with Crippen molar-refractivity contribution in [1.82, 2.24) is 0 Å². The molecule has 0 fully saturated rings. The summed E-state index contributed by atoms with van der Waals surface area (Å²) in [6.45, 7) is 0. The van der Waals surface area contributed by atoms with Gasteiger partial charge in [0.25, 0.3) is 0 Å². The van der Waals surface area contributed by atoms with E-state index < -0.39 is 6.10 Å². The molecule has 3 heteroatoms. The summed E-state index contributed by atoms with van der Waals surface area (Å²) in [6.07, 6.45) is 3.36. The Balaban J connectivity index is 1.88. The van der Waals surface area contributed by atoms with Crippen molar-refractivity contribution in [2.75, 3.05) is 0 Å². The molecule has 22 heavy (non-hydrogen) atoms. The number of fused-ring (bicyclic) bond motifs is 1. The van der Waals surface area contributed by atoms with Gasteiger partial charge >= 0.3 is 0 Å². The Morgan fingerprint density at radius 1 is 0.864 bits per heavy atom. The van der Waals surface area contributed by atoms with Crippen LogP contribution in [0.25, 0.3) is 6.08 Å². The van der Waals surface area contributed by atoms with Gasteiger partial charge in [0.1, 0.15) is 6.10 Å². The highest BCUT2D eigenvalue weighted by atomic mass is 16.3. The van der Waals surface area contributed by atoms with E-state index in [4.69, 9.17) is 0 Å². The number of rotatable bonds is 3. The molecule has 0 aromatic heterocycles. The number of hydrogen-bond acceptors (Lipinski definition) is 3. The highest BCUT2D eigenvalue weighted by Gasteiger charge is 2.27. The zero-order valence-electron chi connectivity index (χ0n) is 11.8. The van der Waals surface area contributed by atoms with Crippen LogP contribution < -0.4 is 0 Å². The maximum atomic E-state index is 12.4. The maximum Gasteiger partial charge on any atom is 0.192 e. The summed E-state index contributed by atoms with van der Waals surface area (Å²) in [7, 11) is 0. The fraction of sp³-hybridized carbons (Fsp3) is 0.0526. The van der Waals surface area contributed by atoms with Crippen LogP contribution in [0.1, 0.15) is 26.3 Å². The Labute approximate surface area is 128 Å². The molecular formula is C19H14O3. The normalized spacial score (nSPS) is 15.6. The van der Waals surface area contributed by atoms with Crippen molar-refractivity contribution in [2.45, 2.75) is 6.10 Å². The molecular weight excluding hydrogens is 276 g/mol. The summed E-state index contributed by atoms with van der Waals surface area (Å²) in [4.78, 5) is 24.5. The minimum absolute atomic E-state index is 0.107. The van der Waals surface area contributed by atoms with Gasteiger partial charge in [-0.1, -0.05) is 66.7 Å². The molecule has 1 N–H and O–H groups in total. The van der Waals surface area contributed by atoms with Crippen LogP contribution in [-0.4, -0.2) is 22.8 Å². The number of allylic oxidation sites excluding steroid dienone is 1. The van der Waals surface area contributed by atoms with E-state index in [-0.39, 0.29) is 17.1 Å². The van der Waals surface area contributed by atoms with Gasteiger partial charge in [-0.2, -0.15) is 0 Å². The Morgan fingerprint density at radius 2 is 1.50 bits per heavy atom. The van der Waals surface area contributed by atoms with E-state index in [1.165, 1.54) is 12.2 Å². The molecule has 1 aliphatic rings. The Hall–Kier alpha value is -2.78. The molecule has 0 heterocycles. The number of Topliss-reactive ketones (excluding diaryl/α,β-unsaturated/α-hetero) is 1. The van der Waals surface area contributed by atoms with Crippen molar-refractivity contribution in [2.24, 2.45) is 0 Å². The molecule has 0 saturated heterocycles. The molecule has 0 bridgehead atoms. The van der Waals surface area contributed by atoms with E-state index in [9.17, 15) is 14.7 Å². The third kappa shape index (κ3) is 2.67. The highest BCUT2D eigenvalue weighted by Crippen LogP contribution is 2.23. The number of carbonyl (C=O) groups is 2. The third-order valence-electron chi connectivity index (χ3n) is 3.58. The number of aliphatic hydroxyl groups excluding tert-OH is 1. The van der Waals surface area contributed by atoms with Gasteiger partial charge in [-0.25, -0.2) is 0 Å². The minimum Gasteiger partial charge on any atom is -0.384 e. The lowest BCUT2D eigenvalue weighted by Crippen LogP contribution is -2.23. The van der Waals surface area contributed by atoms with Crippen LogP contribution in [0.4, 0.5) is 0 Å². The second-order valence-electron chi connectivity index (χ2n) is 5.05. The molecule has 1 atom stereocenters. The fourth-order valence-electron chi connectivity index (χ4n) is 2.43. The van der Waals surface area contributed by atoms with E-state index in [2.05, 4.69) is 0 Å². The molecule has 0 unspecified atom stereocenters. The molecule has 108 valence electrons. The van der Waals surface area contributed by atoms with Crippen LogP contribution in [0.3, 0.4) is 0 Å². The number of carbonyl (C=O) groups excluding carboxylic acids is 2. The molecule has 3 nitrogen and oxygen atoms in total. The van der Waals surface area contributed by atoms with Gasteiger partial charge in [0, 0.05) is 16.7 Å². The van der Waals surface area contributed by atoms with Crippen LogP contribution in [0, 0.1) is 0 Å². The number of benzene rings is 2. The van der Waals surface area contributed by atoms with Crippen LogP contribution in [-0.2, 0) is 0 Å². The minimum atomic E-state index is -1.11. The van der Waals surface area contributed by atoms with Gasteiger partial charge < -0.3 is 5.11 Å². The second-order valence-corrected chi connectivity index (χ2v) is 5.05.